The van der Waals surface area contributed by atoms with Crippen LogP contribution in [0.1, 0.15) is 36.5 Å². The molecule has 0 aromatic heterocycles. The number of nitrogens with zero attached hydrogens (tertiary/aromatic N) is 1. The summed E-state index contributed by atoms with van der Waals surface area (Å²) in [6, 6.07) is 9.28. The molecule has 2 N–H and O–H groups in total. The number of piperidine rings is 1. The Kier molecular flexibility index (Phi) is 6.85. The molecule has 1 heterocycles. The van der Waals surface area contributed by atoms with Crippen molar-refractivity contribution < 1.29 is 9.59 Å². The average molecular weight is 311 g/mol. The molecule has 2 rings (SSSR count). The molecule has 1 amide bonds. The number of halogens is 1. The molecule has 1 aliphatic heterocycles. The highest BCUT2D eigenvalue weighted by Gasteiger charge is 2.27. The number of benzene rings is 1. The van der Waals surface area contributed by atoms with Gasteiger partial charge in [-0.3, -0.25) is 9.59 Å². The molecule has 0 aliphatic carbocycles. The predicted molar refractivity (Wildman–Crippen MR) is 85.6 cm³/mol. The van der Waals surface area contributed by atoms with Crippen LogP contribution in [0, 0.1) is 5.92 Å². The van der Waals surface area contributed by atoms with E-state index in [1.54, 1.807) is 0 Å². The molecule has 1 atom stereocenters. The van der Waals surface area contributed by atoms with Gasteiger partial charge in [0.2, 0.25) is 5.91 Å². The summed E-state index contributed by atoms with van der Waals surface area (Å²) in [6.45, 7) is 3.16. The summed E-state index contributed by atoms with van der Waals surface area (Å²) in [6.07, 6.45) is 1.88. The lowest BCUT2D eigenvalue weighted by molar-refractivity contribution is -0.132. The Morgan fingerprint density at radius 1 is 1.24 bits per heavy atom. The van der Waals surface area contributed by atoms with Crippen molar-refractivity contribution in [2.24, 2.45) is 11.7 Å². The van der Waals surface area contributed by atoms with Gasteiger partial charge in [0.1, 0.15) is 0 Å². The molecule has 4 nitrogen and oxygen atoms in total. The van der Waals surface area contributed by atoms with E-state index >= 15 is 0 Å². The summed E-state index contributed by atoms with van der Waals surface area (Å²) in [7, 11) is 0. The van der Waals surface area contributed by atoms with Gasteiger partial charge >= 0.3 is 0 Å². The van der Waals surface area contributed by atoms with Crippen molar-refractivity contribution in [2.45, 2.75) is 32.2 Å². The fourth-order valence-electron chi connectivity index (χ4n) is 2.63. The minimum Gasteiger partial charge on any atom is -0.343 e. The summed E-state index contributed by atoms with van der Waals surface area (Å²) in [5.41, 5.74) is 6.42. The van der Waals surface area contributed by atoms with Crippen LogP contribution >= 0.6 is 12.4 Å². The second-order valence-corrected chi connectivity index (χ2v) is 5.57. The third-order valence-electron chi connectivity index (χ3n) is 3.77. The van der Waals surface area contributed by atoms with Crippen molar-refractivity contribution in [2.75, 3.05) is 13.1 Å². The standard InChI is InChI=1S/C16H22N2O2.ClH/c1-12(17)11-15(19)18-9-7-14(8-10-18)16(20)13-5-3-2-4-6-13;/h2-6,12,14H,7-11,17H2,1H3;1H. The van der Waals surface area contributed by atoms with E-state index in [1.165, 1.54) is 0 Å². The molecule has 0 spiro atoms. The molecule has 0 bridgehead atoms. The monoisotopic (exact) mass is 310 g/mol. The maximum absolute atomic E-state index is 12.3. The Bertz CT molecular complexity index is 468. The largest absolute Gasteiger partial charge is 0.343 e. The number of likely N-dealkylation sites (tertiary alicyclic amines) is 1. The quantitative estimate of drug-likeness (QED) is 0.868. The van der Waals surface area contributed by atoms with Crippen molar-refractivity contribution >= 4 is 24.1 Å². The second kappa shape index (κ2) is 8.15. The Labute approximate surface area is 132 Å². The van der Waals surface area contributed by atoms with E-state index in [1.807, 2.05) is 42.2 Å². The molecule has 1 aliphatic rings. The summed E-state index contributed by atoms with van der Waals surface area (Å²) >= 11 is 0. The molecule has 1 fully saturated rings. The topological polar surface area (TPSA) is 63.4 Å². The first-order chi connectivity index (χ1) is 9.58. The molecule has 1 unspecified atom stereocenters. The van der Waals surface area contributed by atoms with Crippen LogP contribution < -0.4 is 5.73 Å². The number of hydrogen-bond acceptors (Lipinski definition) is 3. The lowest BCUT2D eigenvalue weighted by Gasteiger charge is -2.31. The zero-order chi connectivity index (χ0) is 14.5. The summed E-state index contributed by atoms with van der Waals surface area (Å²) in [5, 5.41) is 0. The Morgan fingerprint density at radius 3 is 2.33 bits per heavy atom. The summed E-state index contributed by atoms with van der Waals surface area (Å²) in [5.74, 6) is 0.340. The van der Waals surface area contributed by atoms with Gasteiger partial charge in [-0.25, -0.2) is 0 Å². The highest BCUT2D eigenvalue weighted by atomic mass is 35.5. The maximum Gasteiger partial charge on any atom is 0.224 e. The van der Waals surface area contributed by atoms with Gasteiger partial charge in [0, 0.05) is 37.0 Å². The number of carbonyl (C=O) groups is 2. The molecule has 116 valence electrons. The minimum atomic E-state index is -0.105. The van der Waals surface area contributed by atoms with E-state index in [4.69, 9.17) is 5.73 Å². The number of amides is 1. The predicted octanol–water partition coefficient (Wildman–Crippen LogP) is 2.27. The fraction of sp³-hybridized carbons (Fsp3) is 0.500. The molecule has 1 saturated heterocycles. The second-order valence-electron chi connectivity index (χ2n) is 5.57. The van der Waals surface area contributed by atoms with Gasteiger partial charge in [-0.1, -0.05) is 30.3 Å². The van der Waals surface area contributed by atoms with Crippen LogP contribution in [0.25, 0.3) is 0 Å². The molecule has 5 heteroatoms. The number of rotatable bonds is 4. The van der Waals surface area contributed by atoms with Gasteiger partial charge < -0.3 is 10.6 Å². The van der Waals surface area contributed by atoms with Crippen LogP contribution in [0.2, 0.25) is 0 Å². The van der Waals surface area contributed by atoms with E-state index in [0.29, 0.717) is 19.5 Å². The Morgan fingerprint density at radius 2 is 1.81 bits per heavy atom. The number of carbonyl (C=O) groups excluding carboxylic acids is 2. The van der Waals surface area contributed by atoms with E-state index in [9.17, 15) is 9.59 Å². The van der Waals surface area contributed by atoms with Crippen LogP contribution in [0.15, 0.2) is 30.3 Å². The van der Waals surface area contributed by atoms with Crippen molar-refractivity contribution in [3.63, 3.8) is 0 Å². The Hall–Kier alpha value is -1.39. The third kappa shape index (κ3) is 4.83. The van der Waals surface area contributed by atoms with Crippen LogP contribution in [-0.4, -0.2) is 35.7 Å². The van der Waals surface area contributed by atoms with Gasteiger partial charge in [0.25, 0.3) is 0 Å². The smallest absolute Gasteiger partial charge is 0.224 e. The molecule has 1 aromatic rings. The number of Topliss-reactive ketones (excluding diaryl/α,β-unsaturated/α-hetero) is 1. The van der Waals surface area contributed by atoms with E-state index < -0.39 is 0 Å². The van der Waals surface area contributed by atoms with Gasteiger partial charge in [-0.05, 0) is 19.8 Å². The summed E-state index contributed by atoms with van der Waals surface area (Å²) in [4.78, 5) is 26.1. The minimum absolute atomic E-state index is 0. The molecule has 0 radical (unpaired) electrons. The average Bonchev–Trinajstić information content (AvgIpc) is 2.47. The number of nitrogens with two attached hydrogens (primary N) is 1. The molecular weight excluding hydrogens is 288 g/mol. The Balaban J connectivity index is 0.00000220. The highest BCUT2D eigenvalue weighted by Crippen LogP contribution is 2.22. The third-order valence-corrected chi connectivity index (χ3v) is 3.77. The lowest BCUT2D eigenvalue weighted by Crippen LogP contribution is -2.42. The van der Waals surface area contributed by atoms with Crippen LogP contribution in [0.3, 0.4) is 0 Å². The molecule has 21 heavy (non-hydrogen) atoms. The normalized spacial score (nSPS) is 17.0. The van der Waals surface area contributed by atoms with Crippen molar-refractivity contribution in [1.82, 2.24) is 4.90 Å². The van der Waals surface area contributed by atoms with E-state index in [2.05, 4.69) is 0 Å². The van der Waals surface area contributed by atoms with Gasteiger partial charge in [0.05, 0.1) is 0 Å². The van der Waals surface area contributed by atoms with E-state index in [0.717, 1.165) is 18.4 Å². The van der Waals surface area contributed by atoms with Gasteiger partial charge in [0.15, 0.2) is 5.78 Å². The molecule has 0 saturated carbocycles. The van der Waals surface area contributed by atoms with Gasteiger partial charge in [-0.2, -0.15) is 0 Å². The van der Waals surface area contributed by atoms with Crippen LogP contribution in [0.5, 0.6) is 0 Å². The fourth-order valence-corrected chi connectivity index (χ4v) is 2.63. The summed E-state index contributed by atoms with van der Waals surface area (Å²) < 4.78 is 0. The first-order valence-corrected chi connectivity index (χ1v) is 7.20. The van der Waals surface area contributed by atoms with Crippen LogP contribution in [0.4, 0.5) is 0 Å². The molecule has 1 aromatic carbocycles. The van der Waals surface area contributed by atoms with Crippen molar-refractivity contribution in [3.05, 3.63) is 35.9 Å². The first-order valence-electron chi connectivity index (χ1n) is 7.20. The van der Waals surface area contributed by atoms with E-state index in [-0.39, 0.29) is 36.1 Å². The number of ketones is 1. The first kappa shape index (κ1) is 17.7. The number of hydrogen-bond donors (Lipinski definition) is 1. The van der Waals surface area contributed by atoms with Crippen molar-refractivity contribution in [3.8, 4) is 0 Å². The van der Waals surface area contributed by atoms with Crippen molar-refractivity contribution in [1.29, 1.82) is 0 Å². The lowest BCUT2D eigenvalue weighted by atomic mass is 9.89. The van der Waals surface area contributed by atoms with Crippen LogP contribution in [-0.2, 0) is 4.79 Å². The highest BCUT2D eigenvalue weighted by molar-refractivity contribution is 5.98. The zero-order valence-electron chi connectivity index (χ0n) is 12.3. The zero-order valence-corrected chi connectivity index (χ0v) is 13.1. The molecular formula is C16H23ClN2O2. The van der Waals surface area contributed by atoms with Gasteiger partial charge in [-0.15, -0.1) is 12.4 Å². The maximum atomic E-state index is 12.3. The SMILES string of the molecule is CC(N)CC(=O)N1CCC(C(=O)c2ccccc2)CC1.Cl.